The highest BCUT2D eigenvalue weighted by Gasteiger charge is 2.08. The third kappa shape index (κ3) is 3.91. The van der Waals surface area contributed by atoms with E-state index in [9.17, 15) is 4.79 Å². The first-order valence-electron chi connectivity index (χ1n) is 6.54. The Morgan fingerprint density at radius 2 is 2.10 bits per heavy atom. The number of amides is 1. The normalized spacial score (nSPS) is 9.67. The van der Waals surface area contributed by atoms with Gasteiger partial charge in [0.05, 0.1) is 5.56 Å². The summed E-state index contributed by atoms with van der Waals surface area (Å²) in [5.74, 6) is 5.19. The van der Waals surface area contributed by atoms with Crippen LogP contribution in [0.2, 0.25) is 0 Å². The molecule has 0 atom stereocenters. The summed E-state index contributed by atoms with van der Waals surface area (Å²) in [6.45, 7) is 3.59. The molecule has 2 N–H and O–H groups in total. The molecular weight excluding hydrogens is 264 g/mol. The van der Waals surface area contributed by atoms with Crippen LogP contribution in [0.25, 0.3) is 0 Å². The van der Waals surface area contributed by atoms with Crippen molar-refractivity contribution in [1.82, 2.24) is 4.98 Å². The second-order valence-corrected chi connectivity index (χ2v) is 4.63. The van der Waals surface area contributed by atoms with Gasteiger partial charge in [-0.15, -0.1) is 0 Å². The van der Waals surface area contributed by atoms with Crippen LogP contribution in [0.15, 0.2) is 36.5 Å². The van der Waals surface area contributed by atoms with Crippen LogP contribution in [-0.4, -0.2) is 22.6 Å². The van der Waals surface area contributed by atoms with E-state index in [1.165, 1.54) is 0 Å². The topological polar surface area (TPSA) is 62.2 Å². The lowest BCUT2D eigenvalue weighted by Gasteiger charge is -2.09. The van der Waals surface area contributed by atoms with Crippen molar-refractivity contribution in [2.45, 2.75) is 13.8 Å². The molecule has 0 aliphatic rings. The monoisotopic (exact) mass is 280 g/mol. The smallest absolute Gasteiger partial charge is 0.257 e. The number of carbonyl (C=O) groups excluding carboxylic acids is 1. The van der Waals surface area contributed by atoms with Crippen molar-refractivity contribution < 1.29 is 9.90 Å². The fourth-order valence-corrected chi connectivity index (χ4v) is 1.77. The molecule has 1 aromatic heterocycles. The minimum atomic E-state index is -0.210. The van der Waals surface area contributed by atoms with E-state index in [0.717, 1.165) is 16.8 Å². The molecule has 0 aliphatic heterocycles. The van der Waals surface area contributed by atoms with Gasteiger partial charge in [-0.3, -0.25) is 9.78 Å². The second-order valence-electron chi connectivity index (χ2n) is 4.63. The largest absolute Gasteiger partial charge is 0.384 e. The van der Waals surface area contributed by atoms with Crippen molar-refractivity contribution >= 4 is 11.6 Å². The zero-order valence-corrected chi connectivity index (χ0v) is 12.0. The summed E-state index contributed by atoms with van der Waals surface area (Å²) < 4.78 is 0. The zero-order valence-electron chi connectivity index (χ0n) is 12.0. The number of hydrogen-bond acceptors (Lipinski definition) is 3. The number of carbonyl (C=O) groups is 1. The number of hydrogen-bond donors (Lipinski definition) is 2. The number of nitrogens with zero attached hydrogens (tertiary/aromatic N) is 1. The van der Waals surface area contributed by atoms with E-state index in [2.05, 4.69) is 22.1 Å². The first-order chi connectivity index (χ1) is 10.1. The van der Waals surface area contributed by atoms with E-state index in [1.54, 1.807) is 24.4 Å². The minimum absolute atomic E-state index is 0.190. The number of aromatic nitrogens is 1. The first kappa shape index (κ1) is 14.8. The summed E-state index contributed by atoms with van der Waals surface area (Å²) in [6, 6.07) is 9.05. The maximum absolute atomic E-state index is 12.2. The third-order valence-corrected chi connectivity index (χ3v) is 2.97. The van der Waals surface area contributed by atoms with E-state index in [4.69, 9.17) is 5.11 Å². The number of pyridine rings is 1. The van der Waals surface area contributed by atoms with Crippen LogP contribution in [0.3, 0.4) is 0 Å². The quantitative estimate of drug-likeness (QED) is 0.830. The number of aryl methyl sites for hydroxylation is 2. The molecular formula is C17H16N2O2. The number of benzene rings is 1. The van der Waals surface area contributed by atoms with Gasteiger partial charge in [0.2, 0.25) is 0 Å². The Morgan fingerprint density at radius 1 is 1.29 bits per heavy atom. The van der Waals surface area contributed by atoms with Crippen molar-refractivity contribution in [2.75, 3.05) is 11.9 Å². The lowest BCUT2D eigenvalue weighted by atomic mass is 10.1. The van der Waals surface area contributed by atoms with E-state index in [1.807, 2.05) is 26.0 Å². The van der Waals surface area contributed by atoms with E-state index in [-0.39, 0.29) is 12.5 Å². The summed E-state index contributed by atoms with van der Waals surface area (Å²) in [6.07, 6.45) is 1.55. The Labute approximate surface area is 123 Å². The molecule has 0 unspecified atom stereocenters. The van der Waals surface area contributed by atoms with Crippen LogP contribution < -0.4 is 5.32 Å². The van der Waals surface area contributed by atoms with Gasteiger partial charge in [0, 0.05) is 23.1 Å². The summed E-state index contributed by atoms with van der Waals surface area (Å²) >= 11 is 0. The number of nitrogens with one attached hydrogen (secondary N) is 1. The lowest BCUT2D eigenvalue weighted by molar-refractivity contribution is 0.102. The van der Waals surface area contributed by atoms with Gasteiger partial charge < -0.3 is 10.4 Å². The molecule has 1 amide bonds. The molecule has 4 heteroatoms. The van der Waals surface area contributed by atoms with Gasteiger partial charge in [0.25, 0.3) is 5.91 Å². The highest BCUT2D eigenvalue weighted by Crippen LogP contribution is 2.17. The van der Waals surface area contributed by atoms with Crippen LogP contribution >= 0.6 is 0 Å². The standard InChI is InChI=1S/C17H16N2O2/c1-12-5-7-14(4-3-9-20)10-16(12)19-17(21)15-8-6-13(2)18-11-15/h5-8,10-11,20H,9H2,1-2H3,(H,19,21). The number of aliphatic hydroxyl groups is 1. The molecule has 0 saturated carbocycles. The van der Waals surface area contributed by atoms with Crippen molar-refractivity contribution in [3.8, 4) is 11.8 Å². The lowest BCUT2D eigenvalue weighted by Crippen LogP contribution is -2.13. The zero-order chi connectivity index (χ0) is 15.2. The summed E-state index contributed by atoms with van der Waals surface area (Å²) in [5, 5.41) is 11.6. The Morgan fingerprint density at radius 3 is 2.76 bits per heavy atom. The summed E-state index contributed by atoms with van der Waals surface area (Å²) in [4.78, 5) is 16.3. The SMILES string of the molecule is Cc1ccc(C(=O)Nc2cc(C#CCO)ccc2C)cn1. The molecule has 1 aromatic carbocycles. The molecule has 0 bridgehead atoms. The summed E-state index contributed by atoms with van der Waals surface area (Å²) in [5.41, 5.74) is 3.76. The van der Waals surface area contributed by atoms with Gasteiger partial charge in [0.1, 0.15) is 6.61 Å². The Hall–Kier alpha value is -2.64. The van der Waals surface area contributed by atoms with E-state index >= 15 is 0 Å². The predicted octanol–water partition coefficient (Wildman–Crippen LogP) is 2.29. The summed E-state index contributed by atoms with van der Waals surface area (Å²) in [7, 11) is 0. The third-order valence-electron chi connectivity index (χ3n) is 2.97. The predicted molar refractivity (Wildman–Crippen MR) is 82.1 cm³/mol. The highest BCUT2D eigenvalue weighted by atomic mass is 16.2. The van der Waals surface area contributed by atoms with Gasteiger partial charge in [0.15, 0.2) is 0 Å². The van der Waals surface area contributed by atoms with Crippen LogP contribution in [-0.2, 0) is 0 Å². The first-order valence-corrected chi connectivity index (χ1v) is 6.54. The molecule has 0 saturated heterocycles. The van der Waals surface area contributed by atoms with Crippen LogP contribution in [0.4, 0.5) is 5.69 Å². The molecule has 2 aromatic rings. The number of aliphatic hydroxyl groups excluding tert-OH is 1. The molecule has 2 rings (SSSR count). The molecule has 106 valence electrons. The van der Waals surface area contributed by atoms with Gasteiger partial charge in [-0.25, -0.2) is 0 Å². The maximum atomic E-state index is 12.2. The van der Waals surface area contributed by atoms with Gasteiger partial charge >= 0.3 is 0 Å². The van der Waals surface area contributed by atoms with Gasteiger partial charge in [-0.05, 0) is 43.7 Å². The molecule has 0 spiro atoms. The Bertz CT molecular complexity index is 710. The molecule has 0 radical (unpaired) electrons. The van der Waals surface area contributed by atoms with Crippen molar-refractivity contribution in [1.29, 1.82) is 0 Å². The maximum Gasteiger partial charge on any atom is 0.257 e. The van der Waals surface area contributed by atoms with Gasteiger partial charge in [-0.1, -0.05) is 17.9 Å². The molecule has 0 fully saturated rings. The fourth-order valence-electron chi connectivity index (χ4n) is 1.77. The Balaban J connectivity index is 2.22. The molecule has 4 nitrogen and oxygen atoms in total. The van der Waals surface area contributed by atoms with Crippen LogP contribution in [0, 0.1) is 25.7 Å². The van der Waals surface area contributed by atoms with Crippen molar-refractivity contribution in [3.63, 3.8) is 0 Å². The number of rotatable bonds is 2. The fraction of sp³-hybridized carbons (Fsp3) is 0.176. The van der Waals surface area contributed by atoms with Crippen molar-refractivity contribution in [2.24, 2.45) is 0 Å². The average Bonchev–Trinajstić information content (AvgIpc) is 2.48. The van der Waals surface area contributed by atoms with E-state index < -0.39 is 0 Å². The molecule has 0 aliphatic carbocycles. The van der Waals surface area contributed by atoms with Gasteiger partial charge in [-0.2, -0.15) is 0 Å². The average molecular weight is 280 g/mol. The molecule has 21 heavy (non-hydrogen) atoms. The van der Waals surface area contributed by atoms with Crippen LogP contribution in [0.1, 0.15) is 27.2 Å². The van der Waals surface area contributed by atoms with Crippen LogP contribution in [0.5, 0.6) is 0 Å². The highest BCUT2D eigenvalue weighted by molar-refractivity contribution is 6.04. The van der Waals surface area contributed by atoms with Crippen molar-refractivity contribution in [3.05, 3.63) is 58.9 Å². The Kier molecular flexibility index (Phi) is 4.70. The molecule has 1 heterocycles. The number of anilines is 1. The van der Waals surface area contributed by atoms with E-state index in [0.29, 0.717) is 11.3 Å². The second kappa shape index (κ2) is 6.69. The minimum Gasteiger partial charge on any atom is -0.384 e.